The molecule has 8 rings (SSSR count). The number of unbranched alkanes of at least 4 members (excludes halogenated alkanes) is 3. The monoisotopic (exact) mass is 1190 g/mol. The van der Waals surface area contributed by atoms with E-state index in [0.717, 1.165) is 42.2 Å². The molecule has 0 saturated carbocycles. The Balaban J connectivity index is 0.660. The Morgan fingerprint density at radius 3 is 2.13 bits per heavy atom. The van der Waals surface area contributed by atoms with Gasteiger partial charge < -0.3 is 54.8 Å². The van der Waals surface area contributed by atoms with E-state index < -0.39 is 52.7 Å². The maximum atomic E-state index is 15.4. The third-order valence-electron chi connectivity index (χ3n) is 15.3. The van der Waals surface area contributed by atoms with Crippen molar-refractivity contribution in [3.63, 3.8) is 0 Å². The van der Waals surface area contributed by atoms with E-state index in [0.29, 0.717) is 114 Å². The number of nitrogens with zero attached hydrogens (tertiary/aromatic N) is 6. The fourth-order valence-electron chi connectivity index (χ4n) is 10.5. The summed E-state index contributed by atoms with van der Waals surface area (Å²) in [5.74, 6) is -2.59. The van der Waals surface area contributed by atoms with E-state index in [1.54, 1.807) is 57.4 Å². The molecule has 0 bridgehead atoms. The zero-order valence-electron chi connectivity index (χ0n) is 49.4. The van der Waals surface area contributed by atoms with Crippen molar-refractivity contribution in [2.75, 3.05) is 95.7 Å². The number of piperazine rings is 1. The van der Waals surface area contributed by atoms with Crippen LogP contribution in [0, 0.1) is 5.82 Å². The summed E-state index contributed by atoms with van der Waals surface area (Å²) in [6.45, 7) is 12.3. The van der Waals surface area contributed by atoms with Crippen LogP contribution in [0.1, 0.15) is 134 Å². The number of carbonyl (C=O) groups is 7. The second-order valence-electron chi connectivity index (χ2n) is 22.7. The molecule has 24 heteroatoms. The molecule has 5 heterocycles. The predicted molar refractivity (Wildman–Crippen MR) is 317 cm³/mol. The molecule has 4 aliphatic rings. The zero-order chi connectivity index (χ0) is 61.4. The number of ether oxygens (including phenoxy) is 5. The van der Waals surface area contributed by atoms with Crippen LogP contribution in [0.5, 0.6) is 5.75 Å². The quantitative estimate of drug-likeness (QED) is 0.0249. The van der Waals surface area contributed by atoms with E-state index in [1.165, 1.54) is 6.07 Å². The molecule has 0 radical (unpaired) electrons. The number of nitrogens with one attached hydrogen (secondary N) is 3. The summed E-state index contributed by atoms with van der Waals surface area (Å²) in [4.78, 5) is 105. The van der Waals surface area contributed by atoms with Crippen molar-refractivity contribution in [2.24, 2.45) is 10.7 Å². The topological polar surface area (TPSA) is 292 Å². The Kier molecular flexibility index (Phi) is 21.9. The van der Waals surface area contributed by atoms with Crippen molar-refractivity contribution < 1.29 is 67.0 Å². The molecular weight excluding hydrogens is 1110 g/mol. The fraction of sp³-hybridized carbons (Fsp3) is 0.484. The van der Waals surface area contributed by atoms with Crippen LogP contribution in [0.2, 0.25) is 0 Å². The molecule has 0 spiro atoms. The van der Waals surface area contributed by atoms with Gasteiger partial charge in [0.1, 0.15) is 28.7 Å². The molecule has 3 fully saturated rings. The molecule has 2 atom stereocenters. The number of aliphatic imine (C=N–C) groups is 1. The van der Waals surface area contributed by atoms with Gasteiger partial charge >= 0.3 is 11.9 Å². The summed E-state index contributed by atoms with van der Waals surface area (Å²) in [6, 6.07) is 19.2. The van der Waals surface area contributed by atoms with Gasteiger partial charge in [0.15, 0.2) is 0 Å². The van der Waals surface area contributed by atoms with Crippen LogP contribution in [-0.2, 0) is 33.3 Å². The minimum absolute atomic E-state index is 0.000212. The third kappa shape index (κ3) is 17.0. The van der Waals surface area contributed by atoms with Gasteiger partial charge in [0, 0.05) is 75.9 Å². The smallest absolute Gasteiger partial charge is 0.410 e. The number of likely N-dealkylation sites (tertiary alicyclic amines) is 1. The first kappa shape index (κ1) is 63.7. The Morgan fingerprint density at radius 2 is 1.44 bits per heavy atom. The molecular formula is C62H79FN11O12+. The lowest BCUT2D eigenvalue weighted by molar-refractivity contribution is -0.136. The number of anilines is 2. The van der Waals surface area contributed by atoms with Gasteiger partial charge in [0.05, 0.1) is 74.5 Å². The predicted octanol–water partition coefficient (Wildman–Crippen LogP) is 4.59. The molecule has 0 aliphatic carbocycles. The number of benzene rings is 3. The summed E-state index contributed by atoms with van der Waals surface area (Å²) >= 11 is 0. The van der Waals surface area contributed by atoms with Crippen molar-refractivity contribution in [3.8, 4) is 5.75 Å². The second-order valence-corrected chi connectivity index (χ2v) is 22.7. The molecule has 7 amide bonds. The number of amidine groups is 2. The van der Waals surface area contributed by atoms with E-state index in [4.69, 9.17) is 34.8 Å². The van der Waals surface area contributed by atoms with Crippen molar-refractivity contribution in [3.05, 3.63) is 119 Å². The lowest BCUT2D eigenvalue weighted by atomic mass is 9.85. The first-order chi connectivity index (χ1) is 41.3. The van der Waals surface area contributed by atoms with E-state index in [-0.39, 0.29) is 72.2 Å². The number of piperidine rings is 2. The normalized spacial score (nSPS) is 17.5. The highest BCUT2D eigenvalue weighted by Crippen LogP contribution is 2.34. The van der Waals surface area contributed by atoms with Gasteiger partial charge in [-0.3, -0.25) is 49.4 Å². The number of hydrogen-bond donors (Lipinski definition) is 5. The van der Waals surface area contributed by atoms with E-state index in [1.807, 2.05) is 58.0 Å². The standard InChI is InChI=1S/C62H78FN11O12/c1-41(67-55(77)44-12-9-13-45(37-44)70-62(59(65)69-54(64)42-17-22-66-23-18-42)20-24-73(25-21-62)60(81)86-61(2,3)4)43-11-10-14-46(38-43)85-31-8-6-5-7-30-82-33-35-84-36-34-83-32-19-53(76)72-28-26-71(27-29-72)51-40-48-47(39-49(51)63)57(79)74(58(48)80)50-15-16-52(75)68-56(50)78/h9-14,17-18,22-23,37-41,50,70H,5-8,15-16,19-21,24-36H2,1-4H3,(H,67,77)(H3,64,65,69)(H,68,75,78)/p+1/t41-,50?/m1/s1. The SMILES string of the molecule is C[C@@H](NC(=O)c1cccc(NC2(C(N)=NC(=[NH2+])c3ccncc3)CCN(C(=O)OC(C)(C)C)CC2)c1)c1cccc(OCCCCCCOCCOCCOCCC(=O)N2CCN(c3cc4c(cc3F)C(=O)N(C3CCC(=O)NC3=O)C4=O)CC2)c1. The number of carbonyl (C=O) groups excluding carboxylic acids is 7. The minimum Gasteiger partial charge on any atom is -0.494 e. The third-order valence-corrected chi connectivity index (χ3v) is 15.3. The maximum Gasteiger partial charge on any atom is 0.410 e. The van der Waals surface area contributed by atoms with Gasteiger partial charge in [-0.1, -0.05) is 24.6 Å². The van der Waals surface area contributed by atoms with Gasteiger partial charge in [-0.25, -0.2) is 9.18 Å². The Morgan fingerprint density at radius 1 is 0.791 bits per heavy atom. The molecule has 7 N–H and O–H groups in total. The molecule has 3 saturated heterocycles. The lowest BCUT2D eigenvalue weighted by Crippen LogP contribution is -2.59. The highest BCUT2D eigenvalue weighted by Gasteiger charge is 2.46. The van der Waals surface area contributed by atoms with Crippen molar-refractivity contribution in [1.29, 1.82) is 0 Å². The van der Waals surface area contributed by atoms with Crippen LogP contribution in [0.4, 0.5) is 20.6 Å². The highest BCUT2D eigenvalue weighted by atomic mass is 19.1. The van der Waals surface area contributed by atoms with E-state index in [2.05, 4.69) is 25.9 Å². The number of fused-ring (bicyclic) bond motifs is 1. The van der Waals surface area contributed by atoms with Crippen molar-refractivity contribution in [2.45, 2.75) is 109 Å². The number of halogens is 1. The van der Waals surface area contributed by atoms with Gasteiger partial charge in [-0.2, -0.15) is 0 Å². The summed E-state index contributed by atoms with van der Waals surface area (Å²) in [5.41, 5.74) is 7.86. The number of imide groups is 2. The van der Waals surface area contributed by atoms with Crippen LogP contribution in [0.25, 0.3) is 0 Å². The van der Waals surface area contributed by atoms with E-state index in [9.17, 15) is 33.6 Å². The number of hydrogen-bond acceptors (Lipinski definition) is 15. The second kappa shape index (κ2) is 29.6. The summed E-state index contributed by atoms with van der Waals surface area (Å²) in [7, 11) is 0. The molecule has 1 aromatic heterocycles. The molecule has 23 nitrogen and oxygen atoms in total. The number of rotatable bonds is 26. The average molecular weight is 1190 g/mol. The van der Waals surface area contributed by atoms with Gasteiger partial charge in [-0.05, 0) is 131 Å². The first-order valence-electron chi connectivity index (χ1n) is 29.4. The largest absolute Gasteiger partial charge is 0.494 e. The van der Waals surface area contributed by atoms with Gasteiger partial charge in [0.2, 0.25) is 23.6 Å². The molecule has 460 valence electrons. The number of amides is 7. The summed E-state index contributed by atoms with van der Waals surface area (Å²) < 4.78 is 44.1. The van der Waals surface area contributed by atoms with Gasteiger partial charge in [-0.15, -0.1) is 0 Å². The van der Waals surface area contributed by atoms with Crippen molar-refractivity contribution >= 4 is 64.6 Å². The molecule has 1 unspecified atom stereocenters. The Labute approximate surface area is 500 Å². The van der Waals surface area contributed by atoms with Crippen LogP contribution < -0.4 is 36.7 Å². The fourth-order valence-corrected chi connectivity index (χ4v) is 10.5. The number of nitrogens with two attached hydrogens (primary N) is 2. The first-order valence-corrected chi connectivity index (χ1v) is 29.4. The highest BCUT2D eigenvalue weighted by molar-refractivity contribution is 6.24. The summed E-state index contributed by atoms with van der Waals surface area (Å²) in [6.07, 6.45) is 7.51. The molecule has 4 aromatic rings. The lowest BCUT2D eigenvalue weighted by Gasteiger charge is -2.41. The van der Waals surface area contributed by atoms with Crippen LogP contribution >= 0.6 is 0 Å². The Hall–Kier alpha value is -8.35. The molecule has 4 aliphatic heterocycles. The minimum atomic E-state index is -1.15. The maximum absolute atomic E-state index is 15.4. The van der Waals surface area contributed by atoms with Crippen LogP contribution in [0.3, 0.4) is 0 Å². The Bertz CT molecular complexity index is 3120. The number of pyridine rings is 1. The van der Waals surface area contributed by atoms with Gasteiger partial charge in [0.25, 0.3) is 17.7 Å². The van der Waals surface area contributed by atoms with Crippen LogP contribution in [-0.4, -0.2) is 176 Å². The van der Waals surface area contributed by atoms with Crippen molar-refractivity contribution in [1.82, 2.24) is 30.3 Å². The zero-order valence-corrected chi connectivity index (χ0v) is 49.4. The average Bonchev–Trinajstić information content (AvgIpc) is 2.09. The van der Waals surface area contributed by atoms with E-state index >= 15 is 4.39 Å². The molecule has 86 heavy (non-hydrogen) atoms. The van der Waals surface area contributed by atoms with Crippen LogP contribution in [0.15, 0.2) is 90.2 Å². The number of aromatic nitrogens is 1. The molecule has 3 aromatic carbocycles. The summed E-state index contributed by atoms with van der Waals surface area (Å²) in [5, 5.41) is 15.2.